The van der Waals surface area contributed by atoms with Crippen LogP contribution in [-0.2, 0) is 45.2 Å². The van der Waals surface area contributed by atoms with Crippen LogP contribution in [0.15, 0.2) is 140 Å². The molecule has 1 aliphatic carbocycles. The summed E-state index contributed by atoms with van der Waals surface area (Å²) in [7, 11) is 5.99. The largest absolute Gasteiger partial charge is 1.00 e. The van der Waals surface area contributed by atoms with E-state index in [1.165, 1.54) is 55.4 Å². The van der Waals surface area contributed by atoms with Crippen molar-refractivity contribution >= 4 is 6.09 Å². The summed E-state index contributed by atoms with van der Waals surface area (Å²) in [6, 6.07) is 44.6. The summed E-state index contributed by atoms with van der Waals surface area (Å²) >= 11 is 0. The summed E-state index contributed by atoms with van der Waals surface area (Å²) in [6.07, 6.45) is 7.39. The van der Waals surface area contributed by atoms with Gasteiger partial charge in [0, 0.05) is 32.2 Å². The van der Waals surface area contributed by atoms with Crippen molar-refractivity contribution in [1.29, 1.82) is 0 Å². The zero-order valence-corrected chi connectivity index (χ0v) is 53.5. The number of likely N-dealkylation sites (N-methyl/N-ethyl adjacent to an activating group) is 2. The van der Waals surface area contributed by atoms with Gasteiger partial charge in [-0.2, -0.15) is 0 Å². The Bertz CT molecular complexity index is 2550. The van der Waals surface area contributed by atoms with E-state index < -0.39 is 30.4 Å². The van der Waals surface area contributed by atoms with Crippen LogP contribution in [0.1, 0.15) is 120 Å². The topological polar surface area (TPSA) is 148 Å². The molecular formula is C69H98FN4NaO9. The molecule has 4 N–H and O–H groups in total. The Morgan fingerprint density at radius 3 is 1.63 bits per heavy atom. The van der Waals surface area contributed by atoms with Crippen molar-refractivity contribution in [3.63, 3.8) is 0 Å². The molecule has 4 aliphatic heterocycles. The van der Waals surface area contributed by atoms with Crippen LogP contribution in [0.2, 0.25) is 0 Å². The molecule has 13 nitrogen and oxygen atoms in total. The van der Waals surface area contributed by atoms with Gasteiger partial charge >= 0.3 is 35.7 Å². The molecule has 15 heteroatoms. The minimum atomic E-state index is -0.966. The Morgan fingerprint density at radius 2 is 1.07 bits per heavy atom. The fourth-order valence-corrected chi connectivity index (χ4v) is 12.9. The van der Waals surface area contributed by atoms with Gasteiger partial charge in [-0.25, -0.2) is 9.18 Å². The maximum atomic E-state index is 13.5. The zero-order valence-electron chi connectivity index (χ0n) is 52.5. The van der Waals surface area contributed by atoms with E-state index >= 15 is 0 Å². The van der Waals surface area contributed by atoms with Gasteiger partial charge in [0.1, 0.15) is 12.4 Å². The fraction of sp³-hybridized carbons (Fsp3) is 0.551. The van der Waals surface area contributed by atoms with Gasteiger partial charge in [0.2, 0.25) is 0 Å². The molecule has 5 aliphatic rings. The first-order valence-corrected chi connectivity index (χ1v) is 30.7. The number of piperidine rings is 3. The second-order valence-corrected chi connectivity index (χ2v) is 23.6. The predicted molar refractivity (Wildman–Crippen MR) is 327 cm³/mol. The van der Waals surface area contributed by atoms with Crippen molar-refractivity contribution in [3.8, 4) is 0 Å². The van der Waals surface area contributed by atoms with Crippen molar-refractivity contribution < 1.29 is 79.5 Å². The summed E-state index contributed by atoms with van der Waals surface area (Å²) in [5.41, 5.74) is 6.63. The van der Waals surface area contributed by atoms with E-state index in [1.807, 2.05) is 78.5 Å². The first-order chi connectivity index (χ1) is 40.2. The molecule has 3 saturated heterocycles. The molecule has 1 amide bonds. The standard InChI is InChI=1S/C23H27FN2O4.C16H25NO.C16H24O.C14H21NO3.Na.H/c1-25-12-11-20(27)22(28)19(25)14-30-23(29)26-13-10-15-4-2-3-5-18(15)21(26)16-6-8-17(24)9-7-16;1-4-15-13(2)16(10-11-17(15)3)18-12-14-8-6-5-7-9-14;1-3-15-10-7-11-16(13(15)2)17-12-14-8-5-4-6-9-14;1-15-8-7-13(14(17)12(15)9-16)18-10-11-5-3-2-4-6-11;;/h2-9,19-22,27-28H,10-14H2,1H3;5-9,13,15-16H,4,10-12H2,1-3H3;4-6,8-9,13,15-16H,3,7,10-12H2,1-2H3;2-6,12-14,16-17H,7-10H2,1H3;;/q;;;;+1;-1/t19-,20-,21+,22-;13-,15-,16-;13-,15+,16-;12-,13-,14-;;/m1111../s1. The van der Waals surface area contributed by atoms with Gasteiger partial charge in [0.25, 0.3) is 0 Å². The number of carbonyl (C=O) groups is 1. The number of rotatable bonds is 15. The van der Waals surface area contributed by atoms with Gasteiger partial charge in [0.15, 0.2) is 0 Å². The first-order valence-electron chi connectivity index (χ1n) is 30.7. The van der Waals surface area contributed by atoms with Gasteiger partial charge in [0.05, 0.1) is 81.2 Å². The average molecular weight is 1170 g/mol. The Kier molecular flexibility index (Phi) is 29.3. The molecular weight excluding hydrogens is 1070 g/mol. The number of carbonyl (C=O) groups excluding carboxylic acids is 1. The Balaban J connectivity index is 0.000000212. The van der Waals surface area contributed by atoms with E-state index in [0.717, 1.165) is 73.2 Å². The molecule has 4 fully saturated rings. The van der Waals surface area contributed by atoms with Crippen LogP contribution in [0.3, 0.4) is 0 Å². The van der Waals surface area contributed by atoms with Crippen molar-refractivity contribution in [2.75, 3.05) is 60.5 Å². The summed E-state index contributed by atoms with van der Waals surface area (Å²) in [4.78, 5) is 21.1. The summed E-state index contributed by atoms with van der Waals surface area (Å²) in [5, 5.41) is 39.7. The van der Waals surface area contributed by atoms with Crippen molar-refractivity contribution in [2.24, 2.45) is 17.8 Å². The molecule has 4 heterocycles. The molecule has 0 radical (unpaired) electrons. The second-order valence-electron chi connectivity index (χ2n) is 23.6. The monoisotopic (exact) mass is 1170 g/mol. The summed E-state index contributed by atoms with van der Waals surface area (Å²) in [6.45, 7) is 14.3. The maximum absolute atomic E-state index is 13.5. The van der Waals surface area contributed by atoms with E-state index in [1.54, 1.807) is 17.0 Å². The molecule has 0 spiro atoms. The average Bonchev–Trinajstić information content (AvgIpc) is 2.57. The Morgan fingerprint density at radius 1 is 0.571 bits per heavy atom. The van der Waals surface area contributed by atoms with Crippen LogP contribution in [0.5, 0.6) is 0 Å². The van der Waals surface area contributed by atoms with Crippen molar-refractivity contribution in [3.05, 3.63) is 179 Å². The number of amides is 1. The van der Waals surface area contributed by atoms with Crippen molar-refractivity contribution in [1.82, 2.24) is 19.6 Å². The number of hydrogen-bond donors (Lipinski definition) is 4. The quantitative estimate of drug-likeness (QED) is 0.0759. The second kappa shape index (κ2) is 35.6. The van der Waals surface area contributed by atoms with Gasteiger partial charge in [-0.3, -0.25) is 14.7 Å². The maximum Gasteiger partial charge on any atom is 1.00 e. The number of benzene rings is 5. The van der Waals surface area contributed by atoms with Crippen molar-refractivity contribution in [2.45, 2.75) is 166 Å². The normalized spacial score (nSPS) is 28.1. The third kappa shape index (κ3) is 19.7. The van der Waals surface area contributed by atoms with E-state index in [0.29, 0.717) is 56.7 Å². The number of hydrogen-bond acceptors (Lipinski definition) is 12. The number of aliphatic hydroxyl groups is 4. The molecule has 0 aromatic heterocycles. The minimum Gasteiger partial charge on any atom is -1.00 e. The molecule has 5 aromatic carbocycles. The number of halogens is 1. The first kappa shape index (κ1) is 69.0. The number of ether oxygens (including phenoxy) is 4. The molecule has 1 saturated carbocycles. The van der Waals surface area contributed by atoms with Gasteiger partial charge in [-0.1, -0.05) is 174 Å². The molecule has 0 unspecified atom stereocenters. The van der Waals surface area contributed by atoms with Gasteiger partial charge < -0.3 is 45.7 Å². The third-order valence-corrected chi connectivity index (χ3v) is 18.3. The molecule has 13 atom stereocenters. The Hall–Kier alpha value is -4.10. The Labute approximate surface area is 525 Å². The smallest absolute Gasteiger partial charge is 1.00 e. The van der Waals surface area contributed by atoms with Crippen LogP contribution in [0.4, 0.5) is 9.18 Å². The molecule has 84 heavy (non-hydrogen) atoms. The summed E-state index contributed by atoms with van der Waals surface area (Å²) < 4.78 is 37.1. The molecule has 10 rings (SSSR count). The number of fused-ring (bicyclic) bond motifs is 1. The molecule has 5 aromatic rings. The number of likely N-dealkylation sites (tertiary alicyclic amines) is 3. The van der Waals surface area contributed by atoms with E-state index in [-0.39, 0.29) is 68.2 Å². The van der Waals surface area contributed by atoms with Gasteiger partial charge in [-0.15, -0.1) is 0 Å². The number of aliphatic hydroxyl groups excluding tert-OH is 4. The fourth-order valence-electron chi connectivity index (χ4n) is 12.9. The van der Waals surface area contributed by atoms with E-state index in [9.17, 15) is 29.6 Å². The predicted octanol–water partition coefficient (Wildman–Crippen LogP) is 7.82. The molecule has 456 valence electrons. The van der Waals surface area contributed by atoms with Crippen LogP contribution in [0.25, 0.3) is 0 Å². The van der Waals surface area contributed by atoms with Crippen LogP contribution < -0.4 is 29.6 Å². The minimum absolute atomic E-state index is 0. The zero-order chi connectivity index (χ0) is 59.3. The molecule has 0 bridgehead atoms. The van der Waals surface area contributed by atoms with Crippen LogP contribution >= 0.6 is 0 Å². The van der Waals surface area contributed by atoms with Crippen LogP contribution in [0, 0.1) is 23.6 Å². The van der Waals surface area contributed by atoms with E-state index in [4.69, 9.17) is 18.9 Å². The van der Waals surface area contributed by atoms with Gasteiger partial charge in [-0.05, 0) is 123 Å². The SMILES string of the molecule is CC[C@@H]1[C@@H](C)[C@H](OCc2ccccc2)CCN1C.CC[C@H]1CCC[C@@H](OCc2ccccc2)[C@@H]1C.CN1CC[C@@H](O)[C@H](O)[C@H]1COC(=O)N1CCc2ccccc2[C@@H]1c1ccc(F)cc1.CN1CC[C@@H](OCc2ccccc2)[C@H](O)[C@H]1CO.[H-].[Na+]. The number of nitrogens with zero attached hydrogens (tertiary/aromatic N) is 4. The third-order valence-electron chi connectivity index (χ3n) is 18.3. The van der Waals surface area contributed by atoms with E-state index in [2.05, 4.69) is 100 Å². The summed E-state index contributed by atoms with van der Waals surface area (Å²) in [5.74, 6) is 1.88. The van der Waals surface area contributed by atoms with Crippen LogP contribution in [-0.4, -0.2) is 161 Å².